The van der Waals surface area contributed by atoms with E-state index in [1.165, 1.54) is 0 Å². The van der Waals surface area contributed by atoms with Crippen LogP contribution in [0.3, 0.4) is 0 Å². The molecule has 4 unspecified atom stereocenters. The molecule has 0 saturated carbocycles. The van der Waals surface area contributed by atoms with Gasteiger partial charge in [-0.1, -0.05) is 17.3 Å². The van der Waals surface area contributed by atoms with E-state index in [9.17, 15) is 4.79 Å². The van der Waals surface area contributed by atoms with Gasteiger partial charge in [-0.25, -0.2) is 0 Å². The smallest absolute Gasteiger partial charge is 0.487 e. The van der Waals surface area contributed by atoms with E-state index in [0.717, 1.165) is 11.3 Å². The Labute approximate surface area is 278 Å². The third-order valence-corrected chi connectivity index (χ3v) is 13.1. The lowest BCUT2D eigenvalue weighted by molar-refractivity contribution is -0.129. The van der Waals surface area contributed by atoms with Gasteiger partial charge in [-0.05, 0) is 91.1 Å². The van der Waals surface area contributed by atoms with E-state index in [1.54, 1.807) is 16.7 Å². The van der Waals surface area contributed by atoms with Gasteiger partial charge in [0.15, 0.2) is 16.6 Å². The highest BCUT2D eigenvalue weighted by molar-refractivity contribution is 6.70. The molecule has 1 aromatic carbocycles. The van der Waals surface area contributed by atoms with E-state index in [2.05, 4.69) is 68.8 Å². The average Bonchev–Trinajstić information content (AvgIpc) is 3.62. The number of carbonyl (C=O) groups excluding carboxylic acids is 1. The Morgan fingerprint density at radius 2 is 1.57 bits per heavy atom. The molecule has 3 heterocycles. The van der Waals surface area contributed by atoms with Crippen molar-refractivity contribution in [1.82, 2.24) is 25.2 Å². The predicted molar refractivity (Wildman–Crippen MR) is 183 cm³/mol. The number of benzene rings is 1. The first-order valence-corrected chi connectivity index (χ1v) is 25.0. The summed E-state index contributed by atoms with van der Waals surface area (Å²) in [5.74, 6) is 0.829. The van der Waals surface area contributed by atoms with Gasteiger partial charge < -0.3 is 31.8 Å². The summed E-state index contributed by atoms with van der Waals surface area (Å²) in [6, 6.07) is 8.13. The fourth-order valence-electron chi connectivity index (χ4n) is 5.98. The van der Waals surface area contributed by atoms with Gasteiger partial charge in [-0.15, -0.1) is 5.10 Å². The second-order valence-electron chi connectivity index (χ2n) is 14.9. The van der Waals surface area contributed by atoms with Gasteiger partial charge >= 0.3 is 8.80 Å². The van der Waals surface area contributed by atoms with E-state index < -0.39 is 25.4 Å². The van der Waals surface area contributed by atoms with Gasteiger partial charge in [0, 0.05) is 26.7 Å². The lowest BCUT2D eigenvalue weighted by Crippen LogP contribution is -2.47. The summed E-state index contributed by atoms with van der Waals surface area (Å²) in [6.07, 6.45) is 1.59. The summed E-state index contributed by atoms with van der Waals surface area (Å²) in [5, 5.41) is 12.0. The number of aryl methyl sites for hydroxylation is 1. The number of hydrogen-bond donors (Lipinski definition) is 1. The summed E-state index contributed by atoms with van der Waals surface area (Å²) in [5.41, 5.74) is 1.43. The lowest BCUT2D eigenvalue weighted by atomic mass is 10.1. The Balaban J connectivity index is 1.33. The third kappa shape index (κ3) is 9.57. The fraction of sp³-hybridized carbons (Fsp3) is 0.710. The highest BCUT2D eigenvalue weighted by atomic mass is 28.4. The first-order valence-electron chi connectivity index (χ1n) is 16.2. The first kappa shape index (κ1) is 36.9. The van der Waals surface area contributed by atoms with Crippen LogP contribution < -0.4 is 10.1 Å². The van der Waals surface area contributed by atoms with Crippen molar-refractivity contribution in [2.45, 2.75) is 129 Å². The number of ether oxygens (including phenoxy) is 1. The largest absolute Gasteiger partial charge is 0.503 e. The van der Waals surface area contributed by atoms with Crippen molar-refractivity contribution in [3.63, 3.8) is 0 Å². The summed E-state index contributed by atoms with van der Waals surface area (Å²) in [4.78, 5) is 14.3. The van der Waals surface area contributed by atoms with Crippen molar-refractivity contribution < 1.29 is 31.7 Å². The molecular formula is C31H55N5O7Si3. The Morgan fingerprint density at radius 3 is 2.04 bits per heavy atom. The molecule has 4 rings (SSSR count). The number of nitrogens with one attached hydrogen (secondary N) is 1. The van der Waals surface area contributed by atoms with Crippen LogP contribution in [0.25, 0.3) is 0 Å². The van der Waals surface area contributed by atoms with Crippen LogP contribution in [-0.2, 0) is 46.5 Å². The molecule has 2 aliphatic heterocycles. The molecule has 0 spiro atoms. The molecule has 1 aromatic heterocycles. The molecule has 1 N–H and O–H groups in total. The third-order valence-electron chi connectivity index (χ3n) is 8.25. The summed E-state index contributed by atoms with van der Waals surface area (Å²) in [7, 11) is -3.21. The minimum absolute atomic E-state index is 0.106. The normalized spacial score (nSPS) is 26.5. The Morgan fingerprint density at radius 1 is 1.00 bits per heavy atom. The Bertz CT molecular complexity index is 1280. The number of likely N-dealkylation sites (N-methyl/N-ethyl adjacent to an activating group) is 1. The van der Waals surface area contributed by atoms with Crippen LogP contribution in [0.15, 0.2) is 30.5 Å². The monoisotopic (exact) mass is 693 g/mol. The van der Waals surface area contributed by atoms with Crippen molar-refractivity contribution >= 4 is 31.3 Å². The fourth-order valence-corrected chi connectivity index (χ4v) is 11.2. The summed E-state index contributed by atoms with van der Waals surface area (Å²) < 4.78 is 40.0. The summed E-state index contributed by atoms with van der Waals surface area (Å²) in [6.45, 7) is 22.0. The molecule has 5 atom stereocenters. The SMILES string of the molecule is CO[Si]1(CCn2cc(COc3ccc(C[C@@H]4NC(C)(C)N(C)C4=O)cc3)nn2)OC(C(C)O[Si](C)(C)C)C(C(C)O[Si](C)(C)C)O1. The number of rotatable bonds is 15. The van der Waals surface area contributed by atoms with Crippen LogP contribution in [0.5, 0.6) is 5.75 Å². The molecule has 2 aromatic rings. The molecule has 0 aliphatic carbocycles. The number of carbonyl (C=O) groups is 1. The van der Waals surface area contributed by atoms with Crippen molar-refractivity contribution in [2.75, 3.05) is 14.2 Å². The van der Waals surface area contributed by atoms with Gasteiger partial charge in [-0.2, -0.15) is 0 Å². The maximum Gasteiger partial charge on any atom is 0.503 e. The lowest BCUT2D eigenvalue weighted by Gasteiger charge is -2.34. The van der Waals surface area contributed by atoms with E-state index in [1.807, 2.05) is 51.4 Å². The van der Waals surface area contributed by atoms with Crippen LogP contribution in [0, 0.1) is 0 Å². The predicted octanol–water partition coefficient (Wildman–Crippen LogP) is 4.42. The molecule has 2 saturated heterocycles. The van der Waals surface area contributed by atoms with Crippen LogP contribution >= 0.6 is 0 Å². The molecule has 2 aliphatic rings. The van der Waals surface area contributed by atoms with E-state index in [0.29, 0.717) is 24.7 Å². The van der Waals surface area contributed by atoms with Crippen molar-refractivity contribution in [3.8, 4) is 5.75 Å². The van der Waals surface area contributed by atoms with Crippen molar-refractivity contribution in [2.24, 2.45) is 0 Å². The molecule has 258 valence electrons. The zero-order chi connectivity index (χ0) is 34.1. The minimum atomic E-state index is -3.07. The van der Waals surface area contributed by atoms with Crippen LogP contribution in [-0.4, -0.2) is 102 Å². The van der Waals surface area contributed by atoms with Gasteiger partial charge in [-0.3, -0.25) is 14.8 Å². The van der Waals surface area contributed by atoms with Crippen molar-refractivity contribution in [3.05, 3.63) is 41.7 Å². The maximum absolute atomic E-state index is 12.6. The molecule has 15 heteroatoms. The molecule has 46 heavy (non-hydrogen) atoms. The second kappa shape index (κ2) is 14.3. The quantitative estimate of drug-likeness (QED) is 0.269. The van der Waals surface area contributed by atoms with Crippen LogP contribution in [0.1, 0.15) is 39.0 Å². The molecule has 1 amide bonds. The number of aromatic nitrogens is 3. The van der Waals surface area contributed by atoms with Crippen molar-refractivity contribution in [1.29, 1.82) is 0 Å². The zero-order valence-corrected chi connectivity index (χ0v) is 32.7. The Hall–Kier alpha value is -1.96. The van der Waals surface area contributed by atoms with E-state index >= 15 is 0 Å². The highest BCUT2D eigenvalue weighted by Gasteiger charge is 2.57. The molecular weight excluding hydrogens is 639 g/mol. The molecule has 0 bridgehead atoms. The van der Waals surface area contributed by atoms with E-state index in [-0.39, 0.29) is 48.6 Å². The molecule has 2 fully saturated rings. The minimum Gasteiger partial charge on any atom is -0.487 e. The standard InChI is InChI=1S/C31H55N5O7Si3/c1-22(40-44(7,8)9)28-29(23(2)41-45(10,11)12)43-46(38-6,42-28)18-17-36-20-25(33-34-36)21-39-26-15-13-24(14-16-26)19-27-30(37)35(5)31(3,4)32-27/h13-16,20,22-23,27-29,32H,17-19,21H2,1-12H3/t22?,23?,27-,28?,29?,46?/m0/s1. The second-order valence-corrected chi connectivity index (χ2v) is 26.6. The topological polar surface area (TPSA) is 118 Å². The number of amides is 1. The van der Waals surface area contributed by atoms with Crippen LogP contribution in [0.2, 0.25) is 45.3 Å². The van der Waals surface area contributed by atoms with Gasteiger partial charge in [0.05, 0.1) is 30.1 Å². The molecule has 0 radical (unpaired) electrons. The van der Waals surface area contributed by atoms with Gasteiger partial charge in [0.25, 0.3) is 0 Å². The number of hydrogen-bond acceptors (Lipinski definition) is 10. The van der Waals surface area contributed by atoms with Crippen LogP contribution in [0.4, 0.5) is 0 Å². The van der Waals surface area contributed by atoms with E-state index in [4.69, 9.17) is 26.9 Å². The highest BCUT2D eigenvalue weighted by Crippen LogP contribution is 2.36. The Kier molecular flexibility index (Phi) is 11.4. The zero-order valence-electron chi connectivity index (χ0n) is 29.7. The van der Waals surface area contributed by atoms with Gasteiger partial charge in [0.1, 0.15) is 30.3 Å². The first-order chi connectivity index (χ1) is 21.3. The average molecular weight is 694 g/mol. The maximum atomic E-state index is 12.6. The van der Waals surface area contributed by atoms with Gasteiger partial charge in [0.2, 0.25) is 5.91 Å². The molecule has 12 nitrogen and oxygen atoms in total. The number of nitrogens with zero attached hydrogens (tertiary/aromatic N) is 4. The summed E-state index contributed by atoms with van der Waals surface area (Å²) >= 11 is 0.